The minimum absolute atomic E-state index is 0.132. The molecular weight excluding hydrogens is 265 g/mol. The maximum atomic E-state index is 12.2. The van der Waals surface area contributed by atoms with Crippen molar-refractivity contribution in [2.75, 3.05) is 7.11 Å². The fourth-order valence-electron chi connectivity index (χ4n) is 1.45. The molecule has 1 rings (SSSR count). The van der Waals surface area contributed by atoms with E-state index in [1.165, 1.54) is 19.2 Å². The van der Waals surface area contributed by atoms with Crippen molar-refractivity contribution in [1.82, 2.24) is 0 Å². The van der Waals surface area contributed by atoms with E-state index in [4.69, 9.17) is 0 Å². The van der Waals surface area contributed by atoms with Gasteiger partial charge in [-0.3, -0.25) is 4.79 Å². The normalized spacial score (nSPS) is 11.4. The Kier molecular flexibility index (Phi) is 5.07. The van der Waals surface area contributed by atoms with Crippen molar-refractivity contribution in [3.05, 3.63) is 29.3 Å². The van der Waals surface area contributed by atoms with Crippen LogP contribution in [0.15, 0.2) is 23.1 Å². The SMILES string of the molecule is COC(=O)CCc1cc(SC(F)(F)F)ccc1C. The van der Waals surface area contributed by atoms with Gasteiger partial charge >= 0.3 is 11.5 Å². The maximum Gasteiger partial charge on any atom is 0.446 e. The van der Waals surface area contributed by atoms with Crippen LogP contribution in [0.5, 0.6) is 0 Å². The molecule has 6 heteroatoms. The van der Waals surface area contributed by atoms with Gasteiger partial charge in [-0.15, -0.1) is 0 Å². The lowest BCUT2D eigenvalue weighted by Crippen LogP contribution is -2.03. The van der Waals surface area contributed by atoms with Crippen LogP contribution in [-0.4, -0.2) is 18.6 Å². The molecule has 0 aromatic heterocycles. The van der Waals surface area contributed by atoms with E-state index in [0.29, 0.717) is 6.42 Å². The zero-order chi connectivity index (χ0) is 13.8. The number of benzene rings is 1. The van der Waals surface area contributed by atoms with Gasteiger partial charge in [-0.2, -0.15) is 13.2 Å². The molecule has 1 aromatic rings. The molecule has 100 valence electrons. The Balaban J connectivity index is 2.78. The summed E-state index contributed by atoms with van der Waals surface area (Å²) in [4.78, 5) is 11.1. The predicted octanol–water partition coefficient (Wildman–Crippen LogP) is 3.71. The van der Waals surface area contributed by atoms with Crippen LogP contribution in [-0.2, 0) is 16.0 Å². The van der Waals surface area contributed by atoms with E-state index in [1.807, 2.05) is 0 Å². The average Bonchev–Trinajstić information content (AvgIpc) is 2.27. The highest BCUT2D eigenvalue weighted by Crippen LogP contribution is 2.37. The highest BCUT2D eigenvalue weighted by atomic mass is 32.2. The van der Waals surface area contributed by atoms with Gasteiger partial charge in [0.1, 0.15) is 0 Å². The van der Waals surface area contributed by atoms with Crippen LogP contribution in [0.4, 0.5) is 13.2 Å². The van der Waals surface area contributed by atoms with Crippen molar-refractivity contribution >= 4 is 17.7 Å². The number of aryl methyl sites for hydroxylation is 2. The lowest BCUT2D eigenvalue weighted by Gasteiger charge is -2.10. The first-order valence-corrected chi connectivity index (χ1v) is 6.05. The smallest absolute Gasteiger partial charge is 0.446 e. The summed E-state index contributed by atoms with van der Waals surface area (Å²) in [7, 11) is 1.28. The van der Waals surface area contributed by atoms with Gasteiger partial charge in [-0.1, -0.05) is 6.07 Å². The summed E-state index contributed by atoms with van der Waals surface area (Å²) in [5.41, 5.74) is -2.70. The Hall–Kier alpha value is -1.17. The molecule has 0 aliphatic carbocycles. The molecule has 0 amide bonds. The van der Waals surface area contributed by atoms with Gasteiger partial charge in [0.05, 0.1) is 7.11 Å². The molecule has 0 saturated carbocycles. The third-order valence-electron chi connectivity index (χ3n) is 2.38. The van der Waals surface area contributed by atoms with E-state index < -0.39 is 5.51 Å². The lowest BCUT2D eigenvalue weighted by molar-refractivity contribution is -0.140. The number of rotatable bonds is 4. The number of carbonyl (C=O) groups is 1. The van der Waals surface area contributed by atoms with Crippen molar-refractivity contribution in [1.29, 1.82) is 0 Å². The molecule has 0 atom stereocenters. The molecule has 0 aliphatic rings. The van der Waals surface area contributed by atoms with E-state index in [9.17, 15) is 18.0 Å². The Labute approximate surface area is 108 Å². The minimum Gasteiger partial charge on any atom is -0.469 e. The van der Waals surface area contributed by atoms with E-state index in [-0.39, 0.29) is 29.0 Å². The van der Waals surface area contributed by atoms with Crippen LogP contribution in [0.25, 0.3) is 0 Å². The molecule has 0 fully saturated rings. The van der Waals surface area contributed by atoms with Crippen LogP contribution in [0.3, 0.4) is 0 Å². The van der Waals surface area contributed by atoms with E-state index in [0.717, 1.165) is 11.1 Å². The summed E-state index contributed by atoms with van der Waals surface area (Å²) in [6.07, 6.45) is 0.544. The summed E-state index contributed by atoms with van der Waals surface area (Å²) < 4.78 is 41.2. The summed E-state index contributed by atoms with van der Waals surface area (Å²) in [6.45, 7) is 1.80. The molecule has 1 aromatic carbocycles. The molecule has 0 unspecified atom stereocenters. The fraction of sp³-hybridized carbons (Fsp3) is 0.417. The summed E-state index contributed by atoms with van der Waals surface area (Å²) in [6, 6.07) is 4.52. The van der Waals surface area contributed by atoms with Crippen LogP contribution in [0.2, 0.25) is 0 Å². The standard InChI is InChI=1S/C12H13F3O2S/c1-8-3-5-10(18-12(13,14)15)7-9(8)4-6-11(16)17-2/h3,5,7H,4,6H2,1-2H3. The minimum atomic E-state index is -4.30. The number of halogens is 3. The summed E-state index contributed by atoms with van der Waals surface area (Å²) in [5.74, 6) is -0.372. The Morgan fingerprint density at radius 1 is 1.39 bits per heavy atom. The van der Waals surface area contributed by atoms with Crippen molar-refractivity contribution in [2.45, 2.75) is 30.2 Å². The van der Waals surface area contributed by atoms with Crippen molar-refractivity contribution in [2.24, 2.45) is 0 Å². The number of hydrogen-bond acceptors (Lipinski definition) is 3. The van der Waals surface area contributed by atoms with Gasteiger partial charge in [0.25, 0.3) is 0 Å². The van der Waals surface area contributed by atoms with Crippen molar-refractivity contribution < 1.29 is 22.7 Å². The van der Waals surface area contributed by atoms with Gasteiger partial charge in [0.15, 0.2) is 0 Å². The van der Waals surface area contributed by atoms with E-state index >= 15 is 0 Å². The number of methoxy groups -OCH3 is 1. The first-order valence-electron chi connectivity index (χ1n) is 5.24. The molecule has 0 bridgehead atoms. The largest absolute Gasteiger partial charge is 0.469 e. The first-order chi connectivity index (χ1) is 8.31. The second-order valence-corrected chi connectivity index (χ2v) is 4.85. The third kappa shape index (κ3) is 5.00. The molecule has 2 nitrogen and oxygen atoms in total. The molecule has 0 heterocycles. The molecule has 0 radical (unpaired) electrons. The number of carbonyl (C=O) groups excluding carboxylic acids is 1. The maximum absolute atomic E-state index is 12.2. The highest BCUT2D eigenvalue weighted by Gasteiger charge is 2.29. The van der Waals surface area contributed by atoms with Crippen LogP contribution in [0, 0.1) is 6.92 Å². The Bertz CT molecular complexity index is 430. The zero-order valence-corrected chi connectivity index (χ0v) is 10.8. The van der Waals surface area contributed by atoms with Gasteiger partial charge in [-0.25, -0.2) is 0 Å². The van der Waals surface area contributed by atoms with Crippen LogP contribution < -0.4 is 0 Å². The zero-order valence-electron chi connectivity index (χ0n) is 10.0. The highest BCUT2D eigenvalue weighted by molar-refractivity contribution is 8.00. The topological polar surface area (TPSA) is 26.3 Å². The summed E-state index contributed by atoms with van der Waals surface area (Å²) in [5, 5.41) is 0. The Morgan fingerprint density at radius 3 is 2.61 bits per heavy atom. The molecule has 0 N–H and O–H groups in total. The van der Waals surface area contributed by atoms with Crippen LogP contribution in [0.1, 0.15) is 17.5 Å². The van der Waals surface area contributed by atoms with E-state index in [2.05, 4.69) is 4.74 Å². The van der Waals surface area contributed by atoms with Crippen molar-refractivity contribution in [3.63, 3.8) is 0 Å². The van der Waals surface area contributed by atoms with Gasteiger partial charge < -0.3 is 4.74 Å². The average molecular weight is 278 g/mol. The first kappa shape index (κ1) is 14.9. The Morgan fingerprint density at radius 2 is 2.06 bits per heavy atom. The van der Waals surface area contributed by atoms with Crippen LogP contribution >= 0.6 is 11.8 Å². The summed E-state index contributed by atoms with van der Waals surface area (Å²) >= 11 is -0.153. The molecule has 0 aliphatic heterocycles. The van der Waals surface area contributed by atoms with E-state index in [1.54, 1.807) is 13.0 Å². The number of thioether (sulfide) groups is 1. The number of esters is 1. The second-order valence-electron chi connectivity index (χ2n) is 3.71. The van der Waals surface area contributed by atoms with Gasteiger partial charge in [0, 0.05) is 11.3 Å². The van der Waals surface area contributed by atoms with Gasteiger partial charge in [-0.05, 0) is 48.4 Å². The lowest BCUT2D eigenvalue weighted by atomic mass is 10.0. The molecule has 18 heavy (non-hydrogen) atoms. The monoisotopic (exact) mass is 278 g/mol. The van der Waals surface area contributed by atoms with Gasteiger partial charge in [0.2, 0.25) is 0 Å². The number of ether oxygens (including phenoxy) is 1. The molecular formula is C12H13F3O2S. The molecule has 0 saturated heterocycles. The third-order valence-corrected chi connectivity index (χ3v) is 3.10. The fourth-order valence-corrected chi connectivity index (χ4v) is 2.06. The molecule has 0 spiro atoms. The van der Waals surface area contributed by atoms with Crippen molar-refractivity contribution in [3.8, 4) is 0 Å². The predicted molar refractivity (Wildman–Crippen MR) is 63.4 cm³/mol. The number of hydrogen-bond donors (Lipinski definition) is 0. The quantitative estimate of drug-likeness (QED) is 0.620. The number of alkyl halides is 3. The second kappa shape index (κ2) is 6.13.